The first kappa shape index (κ1) is 60.1. The van der Waals surface area contributed by atoms with Gasteiger partial charge in [-0.05, 0) is 81.6 Å². The maximum Gasteiger partial charge on any atom is 0.244 e. The third-order valence-corrected chi connectivity index (χ3v) is 14.2. The monoisotopic (exact) mass is 1110 g/mol. The van der Waals surface area contributed by atoms with E-state index >= 15 is 0 Å². The number of ketones is 2. The Balaban J connectivity index is 0.000000236. The third kappa shape index (κ3) is 15.8. The quantitative estimate of drug-likeness (QED) is 0.0217. The number of carbonyl (C=O) groups is 10. The predicted molar refractivity (Wildman–Crippen MR) is 305 cm³/mol. The highest BCUT2D eigenvalue weighted by atomic mass is 16.3. The van der Waals surface area contributed by atoms with E-state index in [1.54, 1.807) is 64.1 Å². The maximum absolute atomic E-state index is 13.2. The van der Waals surface area contributed by atoms with Crippen LogP contribution in [0.3, 0.4) is 0 Å². The number of carbonyl (C=O) groups excluding carboxylic acids is 10. The van der Waals surface area contributed by atoms with Crippen molar-refractivity contribution in [3.63, 3.8) is 0 Å². The SMILES string of the molecule is CC(C)[C@H](NC(=O)CC(NC(=O)/C=C/c1ccc(-c2ccccc2)cc1)c1ccco1)C(=O)[C@@H]1C(=O)NC(=O)[C@H]1C.CC(C)[C@H](NC(=O)CC(NC(=O)/C=C/c1ccc(-c2ccccc2)cc1)c1ccco1)C(=O)[C@@H]1C(=O)NC(=O)[C@H]1C. The molecule has 6 aromatic rings. The van der Waals surface area contributed by atoms with Gasteiger partial charge in [-0.25, -0.2) is 0 Å². The van der Waals surface area contributed by atoms with Gasteiger partial charge in [0.2, 0.25) is 47.3 Å². The minimum absolute atomic E-state index is 0.208. The van der Waals surface area contributed by atoms with Crippen LogP contribution in [0.25, 0.3) is 34.4 Å². The van der Waals surface area contributed by atoms with E-state index in [9.17, 15) is 47.9 Å². The molecule has 2 aliphatic rings. The van der Waals surface area contributed by atoms with Crippen molar-refractivity contribution in [3.05, 3.63) is 181 Å². The first-order valence-electron chi connectivity index (χ1n) is 27.0. The van der Waals surface area contributed by atoms with Crippen LogP contribution in [0.5, 0.6) is 0 Å². The van der Waals surface area contributed by atoms with Gasteiger partial charge in [-0.15, -0.1) is 0 Å². The summed E-state index contributed by atoms with van der Waals surface area (Å²) in [4.78, 5) is 126. The van der Waals surface area contributed by atoms with Gasteiger partial charge >= 0.3 is 0 Å². The van der Waals surface area contributed by atoms with Crippen molar-refractivity contribution in [2.75, 3.05) is 0 Å². The van der Waals surface area contributed by atoms with Crippen molar-refractivity contribution < 1.29 is 56.8 Å². The van der Waals surface area contributed by atoms with Crippen LogP contribution in [0, 0.1) is 35.5 Å². The molecule has 2 aliphatic heterocycles. The predicted octanol–water partition coefficient (Wildman–Crippen LogP) is 7.65. The number of hydrogen-bond acceptors (Lipinski definition) is 12. The standard InChI is InChI=1S/2C32H33N3O6/c2*1-19(2)29(30(38)28-20(3)31(39)35-32(28)40)34-27(37)18-24(25-10-7-17-41-25)33-26(36)16-13-21-11-14-23(15-12-21)22-8-5-4-6-9-22/h2*4-17,19-20,24,28-29H,18H2,1-3H3,(H,33,36)(H,34,37)(H,35,39,40)/b2*16-13+/t2*20-,24?,28+,29-/m00/s1. The fourth-order valence-corrected chi connectivity index (χ4v) is 9.53. The van der Waals surface area contributed by atoms with E-state index in [0.29, 0.717) is 11.5 Å². The normalized spacial score (nSPS) is 18.2. The van der Waals surface area contributed by atoms with Crippen LogP contribution in [0.1, 0.15) is 89.1 Å². The summed E-state index contributed by atoms with van der Waals surface area (Å²) in [5, 5.41) is 15.3. The average Bonchev–Trinajstić information content (AvgIpc) is 4.31. The lowest BCUT2D eigenvalue weighted by molar-refractivity contribution is -0.138. The Hall–Kier alpha value is -9.58. The van der Waals surface area contributed by atoms with Crippen molar-refractivity contribution >= 4 is 71.0 Å². The molecule has 8 amide bonds. The van der Waals surface area contributed by atoms with Crippen LogP contribution < -0.4 is 31.9 Å². The fraction of sp³-hybridized carbons (Fsp3) is 0.281. The molecule has 2 aromatic heterocycles. The smallest absolute Gasteiger partial charge is 0.244 e. The third-order valence-electron chi connectivity index (χ3n) is 14.2. The van der Waals surface area contributed by atoms with Crippen molar-refractivity contribution in [2.45, 2.75) is 78.6 Å². The van der Waals surface area contributed by atoms with E-state index in [0.717, 1.165) is 33.4 Å². The van der Waals surface area contributed by atoms with E-state index in [1.807, 2.05) is 109 Å². The second-order valence-electron chi connectivity index (χ2n) is 20.8. The number of benzene rings is 4. The molecule has 18 nitrogen and oxygen atoms in total. The van der Waals surface area contributed by atoms with Gasteiger partial charge in [0.25, 0.3) is 0 Å². The lowest BCUT2D eigenvalue weighted by Gasteiger charge is -2.25. The molecule has 82 heavy (non-hydrogen) atoms. The van der Waals surface area contributed by atoms with Crippen molar-refractivity contribution in [1.82, 2.24) is 31.9 Å². The molecule has 2 saturated heterocycles. The summed E-state index contributed by atoms with van der Waals surface area (Å²) < 4.78 is 10.9. The van der Waals surface area contributed by atoms with E-state index < -0.39 is 107 Å². The van der Waals surface area contributed by atoms with Gasteiger partial charge in [0.05, 0.1) is 61.4 Å². The molecule has 4 aromatic carbocycles. The highest BCUT2D eigenvalue weighted by molar-refractivity contribution is 6.17. The Morgan fingerprint density at radius 2 is 0.793 bits per heavy atom. The van der Waals surface area contributed by atoms with E-state index in [-0.39, 0.29) is 24.7 Å². The number of Topliss-reactive ketones (excluding diaryl/α,β-unsaturated/α-hetero) is 2. The molecule has 0 spiro atoms. The molecule has 2 unspecified atom stereocenters. The highest BCUT2D eigenvalue weighted by Crippen LogP contribution is 2.27. The van der Waals surface area contributed by atoms with Crippen LogP contribution >= 0.6 is 0 Å². The molecular weight excluding hydrogens is 1040 g/mol. The molecule has 424 valence electrons. The zero-order valence-electron chi connectivity index (χ0n) is 46.3. The summed E-state index contributed by atoms with van der Waals surface area (Å²) in [5.41, 5.74) is 5.96. The number of rotatable bonds is 22. The summed E-state index contributed by atoms with van der Waals surface area (Å²) >= 11 is 0. The topological polar surface area (TPSA) is 269 Å². The molecule has 8 atom stereocenters. The maximum atomic E-state index is 13.2. The first-order valence-corrected chi connectivity index (χ1v) is 27.0. The second-order valence-corrected chi connectivity index (χ2v) is 20.8. The number of nitrogens with one attached hydrogen (secondary N) is 6. The lowest BCUT2D eigenvalue weighted by Crippen LogP contribution is -2.49. The molecule has 8 rings (SSSR count). The minimum atomic E-state index is -1.16. The van der Waals surface area contributed by atoms with Crippen LogP contribution in [-0.4, -0.2) is 70.9 Å². The van der Waals surface area contributed by atoms with Gasteiger partial charge in [0.15, 0.2) is 11.6 Å². The molecule has 2 fully saturated rings. The van der Waals surface area contributed by atoms with Gasteiger partial charge in [0, 0.05) is 12.2 Å². The average molecular weight is 1110 g/mol. The van der Waals surface area contributed by atoms with Gasteiger partial charge in [0.1, 0.15) is 23.4 Å². The first-order chi connectivity index (χ1) is 39.3. The fourth-order valence-electron chi connectivity index (χ4n) is 9.53. The second kappa shape index (κ2) is 28.0. The van der Waals surface area contributed by atoms with Gasteiger partial charge in [-0.2, -0.15) is 0 Å². The number of furan rings is 2. The molecular formula is C64H66N6O12. The van der Waals surface area contributed by atoms with Crippen LogP contribution in [-0.2, 0) is 47.9 Å². The van der Waals surface area contributed by atoms with Crippen LogP contribution in [0.4, 0.5) is 0 Å². The van der Waals surface area contributed by atoms with Gasteiger partial charge in [-0.3, -0.25) is 58.6 Å². The van der Waals surface area contributed by atoms with E-state index in [4.69, 9.17) is 8.83 Å². The van der Waals surface area contributed by atoms with Crippen molar-refractivity contribution in [2.24, 2.45) is 35.5 Å². The Bertz CT molecular complexity index is 3080. The Morgan fingerprint density at radius 3 is 1.09 bits per heavy atom. The van der Waals surface area contributed by atoms with Crippen molar-refractivity contribution in [1.29, 1.82) is 0 Å². The summed E-state index contributed by atoms with van der Waals surface area (Å²) in [5.74, 6) is -9.18. The molecule has 18 heteroatoms. The lowest BCUT2D eigenvalue weighted by atomic mass is 9.85. The number of imide groups is 2. The molecule has 0 radical (unpaired) electrons. The number of amides is 8. The largest absolute Gasteiger partial charge is 0.467 e. The molecule has 6 N–H and O–H groups in total. The summed E-state index contributed by atoms with van der Waals surface area (Å²) in [6.45, 7) is 9.98. The van der Waals surface area contributed by atoms with Crippen molar-refractivity contribution in [3.8, 4) is 22.3 Å². The van der Waals surface area contributed by atoms with Crippen LogP contribution in [0.2, 0.25) is 0 Å². The Kier molecular flexibility index (Phi) is 20.5. The van der Waals surface area contributed by atoms with Crippen LogP contribution in [0.15, 0.2) is 167 Å². The Morgan fingerprint density at radius 1 is 0.451 bits per heavy atom. The van der Waals surface area contributed by atoms with Gasteiger partial charge < -0.3 is 30.1 Å². The summed E-state index contributed by atoms with van der Waals surface area (Å²) in [7, 11) is 0. The van der Waals surface area contributed by atoms with E-state index in [1.165, 1.54) is 38.5 Å². The summed E-state index contributed by atoms with van der Waals surface area (Å²) in [6.07, 6.45) is 8.56. The molecule has 0 saturated carbocycles. The highest BCUT2D eigenvalue weighted by Gasteiger charge is 2.47. The number of hydrogen-bond donors (Lipinski definition) is 6. The molecule has 0 bridgehead atoms. The molecule has 4 heterocycles. The summed E-state index contributed by atoms with van der Waals surface area (Å²) in [6, 6.07) is 38.4. The minimum Gasteiger partial charge on any atom is -0.467 e. The van der Waals surface area contributed by atoms with Gasteiger partial charge in [-0.1, -0.05) is 151 Å². The Labute approximate surface area is 475 Å². The zero-order chi connectivity index (χ0) is 59.0. The zero-order valence-corrected chi connectivity index (χ0v) is 46.3. The van der Waals surface area contributed by atoms with E-state index in [2.05, 4.69) is 31.9 Å². The molecule has 0 aliphatic carbocycles.